The van der Waals surface area contributed by atoms with Crippen molar-refractivity contribution in [3.05, 3.63) is 64.5 Å². The van der Waals surface area contributed by atoms with Crippen LogP contribution in [-0.2, 0) is 10.2 Å². The lowest BCUT2D eigenvalue weighted by molar-refractivity contribution is -0.115. The minimum Gasteiger partial charge on any atom is -0.343 e. The van der Waals surface area contributed by atoms with Crippen LogP contribution in [0.25, 0.3) is 11.5 Å². The topological polar surface area (TPSA) is 97.1 Å². The van der Waals surface area contributed by atoms with Crippen LogP contribution in [0.3, 0.4) is 0 Å². The quantitative estimate of drug-likeness (QED) is 0.640. The maximum atomic E-state index is 12.8. The van der Waals surface area contributed by atoms with Crippen molar-refractivity contribution in [2.24, 2.45) is 0 Å². The summed E-state index contributed by atoms with van der Waals surface area (Å²) in [5, 5.41) is 9.59. The van der Waals surface area contributed by atoms with Gasteiger partial charge in [-0.3, -0.25) is 9.59 Å². The third-order valence-corrected chi connectivity index (χ3v) is 4.85. The number of carbonyl (C=O) groups excluding carboxylic acids is 2. The average Bonchev–Trinajstić information content (AvgIpc) is 3.19. The van der Waals surface area contributed by atoms with Crippen LogP contribution in [0, 0.1) is 20.8 Å². The van der Waals surface area contributed by atoms with Gasteiger partial charge in [-0.05, 0) is 44.0 Å². The fourth-order valence-electron chi connectivity index (χ4n) is 3.32. The van der Waals surface area contributed by atoms with Crippen LogP contribution in [0.2, 0.25) is 0 Å². The van der Waals surface area contributed by atoms with E-state index in [-0.39, 0.29) is 23.8 Å². The predicted octanol–water partition coefficient (Wildman–Crippen LogP) is 4.33. The van der Waals surface area contributed by atoms with Crippen molar-refractivity contribution in [3.63, 3.8) is 0 Å². The Bertz CT molecular complexity index is 1100. The molecule has 3 aromatic rings. The fraction of sp³-hybridized carbons (Fsp3) is 0.333. The van der Waals surface area contributed by atoms with Gasteiger partial charge in [0.05, 0.1) is 17.7 Å². The van der Waals surface area contributed by atoms with Gasteiger partial charge >= 0.3 is 0 Å². The van der Waals surface area contributed by atoms with Gasteiger partial charge in [0.15, 0.2) is 5.82 Å². The number of aromatic nitrogens is 2. The molecule has 0 aliphatic heterocycles. The first-order chi connectivity index (χ1) is 14.6. The highest BCUT2D eigenvalue weighted by molar-refractivity contribution is 6.03. The van der Waals surface area contributed by atoms with Crippen molar-refractivity contribution in [3.8, 4) is 11.5 Å². The molecule has 7 heteroatoms. The van der Waals surface area contributed by atoms with E-state index < -0.39 is 5.91 Å². The summed E-state index contributed by atoms with van der Waals surface area (Å²) in [6.45, 7) is 11.7. The van der Waals surface area contributed by atoms with Crippen molar-refractivity contribution < 1.29 is 14.1 Å². The van der Waals surface area contributed by atoms with Crippen molar-refractivity contribution >= 4 is 17.5 Å². The number of amides is 2. The molecule has 31 heavy (non-hydrogen) atoms. The number of hydrogen-bond acceptors (Lipinski definition) is 5. The second-order valence-electron chi connectivity index (χ2n) is 8.72. The molecule has 0 unspecified atom stereocenters. The third-order valence-electron chi connectivity index (χ3n) is 4.85. The lowest BCUT2D eigenvalue weighted by Crippen LogP contribution is -2.33. The van der Waals surface area contributed by atoms with E-state index in [9.17, 15) is 9.59 Å². The number of rotatable bonds is 5. The zero-order chi connectivity index (χ0) is 22.8. The average molecular weight is 421 g/mol. The van der Waals surface area contributed by atoms with E-state index in [1.54, 1.807) is 24.3 Å². The zero-order valence-electron chi connectivity index (χ0n) is 18.8. The molecule has 0 aliphatic rings. The summed E-state index contributed by atoms with van der Waals surface area (Å²) in [6, 6.07) is 11.0. The third kappa shape index (κ3) is 5.17. The lowest BCUT2D eigenvalue weighted by atomic mass is 9.96. The first kappa shape index (κ1) is 22.2. The second-order valence-corrected chi connectivity index (χ2v) is 8.72. The van der Waals surface area contributed by atoms with Crippen LogP contribution in [0.1, 0.15) is 53.6 Å². The second kappa shape index (κ2) is 8.71. The summed E-state index contributed by atoms with van der Waals surface area (Å²) in [5.74, 6) is 0.138. The van der Waals surface area contributed by atoms with Crippen LogP contribution in [-0.4, -0.2) is 28.5 Å². The minimum absolute atomic E-state index is 0.156. The van der Waals surface area contributed by atoms with Gasteiger partial charge in [0.1, 0.15) is 0 Å². The van der Waals surface area contributed by atoms with Crippen molar-refractivity contribution in [2.75, 3.05) is 11.9 Å². The van der Waals surface area contributed by atoms with Crippen molar-refractivity contribution in [1.29, 1.82) is 0 Å². The number of benzene rings is 2. The lowest BCUT2D eigenvalue weighted by Gasteiger charge is -2.13. The number of aryl methyl sites for hydroxylation is 3. The molecule has 2 amide bonds. The minimum atomic E-state index is -0.390. The van der Waals surface area contributed by atoms with Crippen LogP contribution in [0.5, 0.6) is 0 Å². The van der Waals surface area contributed by atoms with E-state index in [0.717, 1.165) is 22.4 Å². The molecule has 0 bridgehead atoms. The first-order valence-corrected chi connectivity index (χ1v) is 10.2. The standard InChI is InChI=1S/C24H28N4O3/c1-14-11-15(2)20(16(3)12-14)26-19(29)13-25-21(30)17-9-7-8-10-18(17)22-27-23(28-31-22)24(4,5)6/h7-12H,13H2,1-6H3,(H,25,30)(H,26,29). The smallest absolute Gasteiger partial charge is 0.258 e. The number of carbonyl (C=O) groups is 2. The molecule has 0 saturated carbocycles. The molecule has 7 nitrogen and oxygen atoms in total. The van der Waals surface area contributed by atoms with Crippen LogP contribution >= 0.6 is 0 Å². The largest absolute Gasteiger partial charge is 0.343 e. The Kier molecular flexibility index (Phi) is 6.24. The van der Waals surface area contributed by atoms with Crippen LogP contribution < -0.4 is 10.6 Å². The van der Waals surface area contributed by atoms with Crippen LogP contribution in [0.15, 0.2) is 40.9 Å². The van der Waals surface area contributed by atoms with E-state index in [2.05, 4.69) is 20.8 Å². The number of hydrogen-bond donors (Lipinski definition) is 2. The molecule has 0 radical (unpaired) electrons. The molecule has 0 spiro atoms. The monoisotopic (exact) mass is 420 g/mol. The Morgan fingerprint density at radius 3 is 2.29 bits per heavy atom. The van der Waals surface area contributed by atoms with E-state index in [0.29, 0.717) is 17.0 Å². The highest BCUT2D eigenvalue weighted by Gasteiger charge is 2.23. The maximum absolute atomic E-state index is 12.8. The molecule has 2 aromatic carbocycles. The summed E-state index contributed by atoms with van der Waals surface area (Å²) in [5.41, 5.74) is 4.47. The van der Waals surface area contributed by atoms with Crippen molar-refractivity contribution in [2.45, 2.75) is 47.0 Å². The summed E-state index contributed by atoms with van der Waals surface area (Å²) < 4.78 is 5.39. The van der Waals surface area contributed by atoms with Gasteiger partial charge in [0, 0.05) is 11.1 Å². The van der Waals surface area contributed by atoms with Gasteiger partial charge in [0.2, 0.25) is 5.91 Å². The van der Waals surface area contributed by atoms with Gasteiger partial charge in [-0.15, -0.1) is 0 Å². The number of nitrogens with zero attached hydrogens (tertiary/aromatic N) is 2. The zero-order valence-corrected chi connectivity index (χ0v) is 18.8. The van der Waals surface area contributed by atoms with Gasteiger partial charge in [-0.25, -0.2) is 0 Å². The molecule has 0 atom stereocenters. The molecule has 0 fully saturated rings. The Hall–Kier alpha value is -3.48. The molecule has 0 saturated heterocycles. The fourth-order valence-corrected chi connectivity index (χ4v) is 3.32. The van der Waals surface area contributed by atoms with E-state index in [1.165, 1.54) is 0 Å². The SMILES string of the molecule is Cc1cc(C)c(NC(=O)CNC(=O)c2ccccc2-c2nc(C(C)(C)C)no2)c(C)c1. The molecule has 1 heterocycles. The van der Waals surface area contributed by atoms with E-state index >= 15 is 0 Å². The Morgan fingerprint density at radius 2 is 1.68 bits per heavy atom. The van der Waals surface area contributed by atoms with Crippen molar-refractivity contribution in [1.82, 2.24) is 15.5 Å². The van der Waals surface area contributed by atoms with Crippen LogP contribution in [0.4, 0.5) is 5.69 Å². The maximum Gasteiger partial charge on any atom is 0.258 e. The highest BCUT2D eigenvalue weighted by atomic mass is 16.5. The molecule has 162 valence electrons. The summed E-state index contributed by atoms with van der Waals surface area (Å²) >= 11 is 0. The Balaban J connectivity index is 1.72. The molecule has 1 aromatic heterocycles. The van der Waals surface area contributed by atoms with Gasteiger partial charge in [0.25, 0.3) is 11.8 Å². The van der Waals surface area contributed by atoms with Gasteiger partial charge in [-0.1, -0.05) is 55.8 Å². The molecule has 3 rings (SSSR count). The normalized spacial score (nSPS) is 11.3. The summed E-state index contributed by atoms with van der Waals surface area (Å²) in [4.78, 5) is 29.7. The Labute approximate surface area is 182 Å². The summed E-state index contributed by atoms with van der Waals surface area (Å²) in [6.07, 6.45) is 0. The molecular weight excluding hydrogens is 392 g/mol. The van der Waals surface area contributed by atoms with Gasteiger partial charge < -0.3 is 15.2 Å². The number of nitrogens with one attached hydrogen (secondary N) is 2. The van der Waals surface area contributed by atoms with E-state index in [4.69, 9.17) is 4.52 Å². The van der Waals surface area contributed by atoms with Gasteiger partial charge in [-0.2, -0.15) is 4.98 Å². The highest BCUT2D eigenvalue weighted by Crippen LogP contribution is 2.26. The summed E-state index contributed by atoms with van der Waals surface area (Å²) in [7, 11) is 0. The molecule has 2 N–H and O–H groups in total. The molecule has 0 aliphatic carbocycles. The first-order valence-electron chi connectivity index (χ1n) is 10.2. The number of anilines is 1. The predicted molar refractivity (Wildman–Crippen MR) is 120 cm³/mol. The Morgan fingerprint density at radius 1 is 1.03 bits per heavy atom. The molecular formula is C24H28N4O3. The van der Waals surface area contributed by atoms with E-state index in [1.807, 2.05) is 53.7 Å².